The molecule has 0 unspecified atom stereocenters. The third kappa shape index (κ3) is 2.33. The van der Waals surface area contributed by atoms with Gasteiger partial charge in [-0.05, 0) is 12.5 Å². The molecule has 0 fully saturated rings. The van der Waals surface area contributed by atoms with Crippen LogP contribution < -0.4 is 0 Å². The lowest BCUT2D eigenvalue weighted by molar-refractivity contribution is -0.132. The minimum atomic E-state index is -0.992. The van der Waals surface area contributed by atoms with Crippen molar-refractivity contribution in [1.82, 2.24) is 0 Å². The molecule has 0 amide bonds. The summed E-state index contributed by atoms with van der Waals surface area (Å²) in [6.45, 7) is 1.48. The van der Waals surface area contributed by atoms with Crippen molar-refractivity contribution < 1.29 is 9.90 Å². The number of halogens is 1. The molecule has 1 aromatic rings. The summed E-state index contributed by atoms with van der Waals surface area (Å²) in [5.74, 6) is -0.992. The van der Waals surface area contributed by atoms with Crippen LogP contribution in [0.2, 0.25) is 0 Å². The predicted octanol–water partition coefficient (Wildman–Crippen LogP) is 2.74. The van der Waals surface area contributed by atoms with E-state index < -0.39 is 5.97 Å². The Morgan fingerprint density at radius 1 is 1.31 bits per heavy atom. The second-order valence-corrected chi connectivity index (χ2v) is 2.99. The van der Waals surface area contributed by atoms with Gasteiger partial charge in [0.2, 0.25) is 0 Å². The number of hydrogen-bond donors (Lipinski definition) is 1. The summed E-state index contributed by atoms with van der Waals surface area (Å²) in [6.07, 6.45) is 0. The highest BCUT2D eigenvalue weighted by Crippen LogP contribution is 2.22. The summed E-state index contributed by atoms with van der Waals surface area (Å²) >= 11 is 5.85. The van der Waals surface area contributed by atoms with Gasteiger partial charge in [0.1, 0.15) is 0 Å². The molecule has 1 rings (SSSR count). The molecule has 1 N–H and O–H groups in total. The molecule has 68 valence electrons. The highest BCUT2D eigenvalue weighted by Gasteiger charge is 2.08. The second-order valence-electron chi connectivity index (χ2n) is 2.61. The van der Waals surface area contributed by atoms with Gasteiger partial charge in [0, 0.05) is 0 Å². The zero-order chi connectivity index (χ0) is 9.84. The van der Waals surface area contributed by atoms with Gasteiger partial charge in [0.25, 0.3) is 0 Å². The van der Waals surface area contributed by atoms with Crippen LogP contribution in [-0.2, 0) is 4.79 Å². The number of hydrogen-bond acceptors (Lipinski definition) is 1. The van der Waals surface area contributed by atoms with Gasteiger partial charge in [0.15, 0.2) is 0 Å². The van der Waals surface area contributed by atoms with Gasteiger partial charge in [-0.25, -0.2) is 4.79 Å². The molecule has 0 heterocycles. The first kappa shape index (κ1) is 9.81. The number of rotatable bonds is 2. The lowest BCUT2D eigenvalue weighted by Gasteiger charge is -2.00. The van der Waals surface area contributed by atoms with E-state index in [1.165, 1.54) is 6.92 Å². The monoisotopic (exact) mass is 196 g/mol. The lowest BCUT2D eigenvalue weighted by Crippen LogP contribution is -1.97. The van der Waals surface area contributed by atoms with Crippen LogP contribution in [0.1, 0.15) is 12.5 Å². The minimum absolute atomic E-state index is 0.160. The Kier molecular flexibility index (Phi) is 3.09. The lowest BCUT2D eigenvalue weighted by atomic mass is 10.1. The van der Waals surface area contributed by atoms with Crippen molar-refractivity contribution in [1.29, 1.82) is 0 Å². The van der Waals surface area contributed by atoms with E-state index in [9.17, 15) is 4.79 Å². The van der Waals surface area contributed by atoms with Crippen LogP contribution in [0.3, 0.4) is 0 Å². The Hall–Kier alpha value is -1.28. The molecule has 2 nitrogen and oxygen atoms in total. The maximum atomic E-state index is 10.6. The van der Waals surface area contributed by atoms with Crippen molar-refractivity contribution in [2.24, 2.45) is 0 Å². The van der Waals surface area contributed by atoms with Crippen LogP contribution in [0.5, 0.6) is 0 Å². The van der Waals surface area contributed by atoms with E-state index in [0.29, 0.717) is 0 Å². The Morgan fingerprint density at radius 2 is 1.85 bits per heavy atom. The van der Waals surface area contributed by atoms with E-state index in [1.54, 1.807) is 12.1 Å². The molecule has 0 saturated heterocycles. The van der Waals surface area contributed by atoms with Crippen molar-refractivity contribution in [2.45, 2.75) is 6.92 Å². The summed E-state index contributed by atoms with van der Waals surface area (Å²) < 4.78 is 0. The third-order valence-corrected chi connectivity index (χ3v) is 2.18. The van der Waals surface area contributed by atoms with Crippen LogP contribution in [0.4, 0.5) is 0 Å². The molecule has 0 aliphatic rings. The van der Waals surface area contributed by atoms with Crippen molar-refractivity contribution >= 4 is 22.6 Å². The van der Waals surface area contributed by atoms with Crippen LogP contribution in [-0.4, -0.2) is 11.1 Å². The van der Waals surface area contributed by atoms with Crippen LogP contribution in [0, 0.1) is 0 Å². The minimum Gasteiger partial charge on any atom is -0.478 e. The molecule has 0 aliphatic heterocycles. The van der Waals surface area contributed by atoms with E-state index in [4.69, 9.17) is 16.7 Å². The molecule has 0 aliphatic carbocycles. The fourth-order valence-electron chi connectivity index (χ4n) is 0.895. The SMILES string of the molecule is C/C(C(=O)O)=C(\Cl)c1ccccc1. The summed E-state index contributed by atoms with van der Waals surface area (Å²) in [6, 6.07) is 9.02. The molecular weight excluding hydrogens is 188 g/mol. The molecule has 13 heavy (non-hydrogen) atoms. The molecule has 1 aromatic carbocycles. The summed E-state index contributed by atoms with van der Waals surface area (Å²) in [5.41, 5.74) is 0.886. The number of carboxylic acid groups (broad SMARTS) is 1. The fraction of sp³-hybridized carbons (Fsp3) is 0.100. The Bertz CT molecular complexity index is 341. The van der Waals surface area contributed by atoms with E-state index in [-0.39, 0.29) is 10.6 Å². The summed E-state index contributed by atoms with van der Waals surface area (Å²) in [4.78, 5) is 10.6. The quantitative estimate of drug-likeness (QED) is 0.739. The molecule has 0 saturated carbocycles. The predicted molar refractivity (Wildman–Crippen MR) is 52.5 cm³/mol. The van der Waals surface area contributed by atoms with E-state index >= 15 is 0 Å². The number of benzene rings is 1. The van der Waals surface area contributed by atoms with Crippen LogP contribution >= 0.6 is 11.6 Å². The number of carbonyl (C=O) groups is 1. The fourth-order valence-corrected chi connectivity index (χ4v) is 1.10. The Morgan fingerprint density at radius 3 is 2.31 bits per heavy atom. The van der Waals surface area contributed by atoms with E-state index in [1.807, 2.05) is 18.2 Å². The number of carboxylic acids is 1. The smallest absolute Gasteiger partial charge is 0.332 e. The first-order valence-electron chi connectivity index (χ1n) is 3.78. The zero-order valence-electron chi connectivity index (χ0n) is 7.12. The van der Waals surface area contributed by atoms with Gasteiger partial charge >= 0.3 is 5.97 Å². The normalized spacial score (nSPS) is 12.2. The molecule has 0 radical (unpaired) electrons. The Labute approximate surface area is 81.5 Å². The maximum Gasteiger partial charge on any atom is 0.332 e. The molecule has 0 bridgehead atoms. The third-order valence-electron chi connectivity index (χ3n) is 1.68. The van der Waals surface area contributed by atoms with Crippen LogP contribution in [0.15, 0.2) is 35.9 Å². The van der Waals surface area contributed by atoms with Crippen LogP contribution in [0.25, 0.3) is 5.03 Å². The molecular formula is C10H9ClO2. The average molecular weight is 197 g/mol. The highest BCUT2D eigenvalue weighted by atomic mass is 35.5. The first-order valence-corrected chi connectivity index (χ1v) is 4.16. The van der Waals surface area contributed by atoms with Crippen molar-refractivity contribution in [2.75, 3.05) is 0 Å². The van der Waals surface area contributed by atoms with Crippen molar-refractivity contribution in [3.8, 4) is 0 Å². The summed E-state index contributed by atoms with van der Waals surface area (Å²) in [7, 11) is 0. The van der Waals surface area contributed by atoms with Gasteiger partial charge in [-0.1, -0.05) is 41.9 Å². The summed E-state index contributed by atoms with van der Waals surface area (Å²) in [5, 5.41) is 8.96. The van der Waals surface area contributed by atoms with E-state index in [0.717, 1.165) is 5.56 Å². The average Bonchev–Trinajstić information content (AvgIpc) is 2.17. The second kappa shape index (κ2) is 4.10. The molecule has 0 spiro atoms. The molecule has 3 heteroatoms. The Balaban J connectivity index is 3.11. The molecule has 0 aromatic heterocycles. The maximum absolute atomic E-state index is 10.6. The standard InChI is InChI=1S/C10H9ClO2/c1-7(10(12)13)9(11)8-5-3-2-4-6-8/h2-6H,1H3,(H,12,13)/b9-7+. The highest BCUT2D eigenvalue weighted by molar-refractivity contribution is 6.50. The van der Waals surface area contributed by atoms with Gasteiger partial charge < -0.3 is 5.11 Å². The topological polar surface area (TPSA) is 37.3 Å². The van der Waals surface area contributed by atoms with Gasteiger partial charge in [0.05, 0.1) is 10.6 Å². The van der Waals surface area contributed by atoms with Gasteiger partial charge in [-0.2, -0.15) is 0 Å². The number of aliphatic carboxylic acids is 1. The van der Waals surface area contributed by atoms with Gasteiger partial charge in [-0.3, -0.25) is 0 Å². The van der Waals surface area contributed by atoms with Gasteiger partial charge in [-0.15, -0.1) is 0 Å². The van der Waals surface area contributed by atoms with Crippen molar-refractivity contribution in [3.63, 3.8) is 0 Å². The largest absolute Gasteiger partial charge is 0.478 e. The van der Waals surface area contributed by atoms with E-state index in [2.05, 4.69) is 0 Å². The molecule has 0 atom stereocenters. The zero-order valence-corrected chi connectivity index (χ0v) is 7.88. The van der Waals surface area contributed by atoms with Crippen molar-refractivity contribution in [3.05, 3.63) is 41.5 Å². The first-order chi connectivity index (χ1) is 6.13.